The Balaban J connectivity index is 4.32. The van der Waals surface area contributed by atoms with E-state index in [9.17, 15) is 19.0 Å². The molecule has 2 atom stereocenters. The van der Waals surface area contributed by atoms with E-state index in [0.29, 0.717) is 23.9 Å². The molecule has 0 saturated heterocycles. The van der Waals surface area contributed by atoms with Crippen LogP contribution in [-0.2, 0) is 32.7 Å². The Bertz CT molecular complexity index is 1270. The number of nitrogens with zero attached hydrogens (tertiary/aromatic N) is 1. The molecule has 0 spiro atoms. The Morgan fingerprint density at radius 2 is 0.875 bits per heavy atom. The minimum absolute atomic E-state index is 0.0192. The van der Waals surface area contributed by atoms with E-state index in [0.717, 1.165) is 64.2 Å². The number of hydrogen-bond donors (Lipinski definition) is 1. The van der Waals surface area contributed by atoms with Gasteiger partial charge in [-0.05, 0) is 83.5 Å². The molecule has 0 amide bonds. The van der Waals surface area contributed by atoms with E-state index in [-0.39, 0.29) is 26.1 Å². The van der Waals surface area contributed by atoms with Crippen LogP contribution in [0.1, 0.15) is 219 Å². The maximum Gasteiger partial charge on any atom is 0.472 e. The first-order chi connectivity index (χ1) is 31.0. The summed E-state index contributed by atoms with van der Waals surface area (Å²) in [5.41, 5.74) is 0. The van der Waals surface area contributed by atoms with Gasteiger partial charge in [-0.25, -0.2) is 4.57 Å². The Hall–Kier alpha value is -2.29. The van der Waals surface area contributed by atoms with Crippen LogP contribution in [0.4, 0.5) is 0 Å². The van der Waals surface area contributed by atoms with Crippen LogP contribution < -0.4 is 0 Å². The molecule has 372 valence electrons. The number of allylic oxidation sites excluding steroid dienone is 10. The van der Waals surface area contributed by atoms with Crippen molar-refractivity contribution >= 4 is 19.8 Å². The lowest BCUT2D eigenvalue weighted by Gasteiger charge is -2.24. The van der Waals surface area contributed by atoms with E-state index < -0.39 is 32.5 Å². The molecule has 0 radical (unpaired) electrons. The lowest BCUT2D eigenvalue weighted by atomic mass is 10.0. The lowest BCUT2D eigenvalue weighted by molar-refractivity contribution is -0.870. The molecule has 0 aromatic carbocycles. The number of phosphoric ester groups is 1. The second kappa shape index (κ2) is 45.8. The fourth-order valence-electron chi connectivity index (χ4n) is 6.92. The van der Waals surface area contributed by atoms with Crippen molar-refractivity contribution in [3.63, 3.8) is 0 Å². The van der Waals surface area contributed by atoms with Crippen molar-refractivity contribution in [2.24, 2.45) is 0 Å². The summed E-state index contributed by atoms with van der Waals surface area (Å²) >= 11 is 0. The first-order valence-corrected chi connectivity index (χ1v) is 27.5. The molecule has 9 nitrogen and oxygen atoms in total. The van der Waals surface area contributed by atoms with E-state index in [1.807, 2.05) is 21.1 Å². The molecular weight excluding hydrogens is 822 g/mol. The smallest absolute Gasteiger partial charge is 0.462 e. The topological polar surface area (TPSA) is 108 Å². The van der Waals surface area contributed by atoms with Gasteiger partial charge in [0, 0.05) is 12.8 Å². The Kier molecular flexibility index (Phi) is 44.2. The molecule has 0 fully saturated rings. The Morgan fingerprint density at radius 3 is 1.39 bits per heavy atom. The highest BCUT2D eigenvalue weighted by atomic mass is 31.2. The molecule has 1 unspecified atom stereocenters. The fraction of sp³-hybridized carbons (Fsp3) is 0.778. The number of ether oxygens (including phenoxy) is 2. The number of quaternary nitrogens is 1. The van der Waals surface area contributed by atoms with Gasteiger partial charge in [-0.3, -0.25) is 18.6 Å². The molecule has 0 bridgehead atoms. The second-order valence-corrected chi connectivity index (χ2v) is 20.0. The predicted octanol–water partition coefficient (Wildman–Crippen LogP) is 15.6. The minimum atomic E-state index is -4.40. The van der Waals surface area contributed by atoms with E-state index in [2.05, 4.69) is 74.6 Å². The summed E-state index contributed by atoms with van der Waals surface area (Å²) in [6.07, 6.45) is 57.2. The van der Waals surface area contributed by atoms with Gasteiger partial charge in [-0.1, -0.05) is 184 Å². The SMILES string of the molecule is CCCCC/C=C/C/C=C/C/C=C/CCCCCCC(=O)O[C@@H](COC(=O)CCC/C=C/CC/C=C/CCCCCCCCCCCCCCCC)COP(=O)(O)OCC[N+](C)(C)C. The van der Waals surface area contributed by atoms with Crippen molar-refractivity contribution in [1.29, 1.82) is 0 Å². The van der Waals surface area contributed by atoms with Crippen LogP contribution in [0.5, 0.6) is 0 Å². The van der Waals surface area contributed by atoms with Gasteiger partial charge in [0.05, 0.1) is 27.7 Å². The summed E-state index contributed by atoms with van der Waals surface area (Å²) in [7, 11) is 1.44. The molecule has 0 aromatic heterocycles. The van der Waals surface area contributed by atoms with Gasteiger partial charge in [0.2, 0.25) is 0 Å². The summed E-state index contributed by atoms with van der Waals surface area (Å²) in [5, 5.41) is 0. The lowest BCUT2D eigenvalue weighted by Crippen LogP contribution is -2.37. The van der Waals surface area contributed by atoms with Crippen LogP contribution in [0, 0.1) is 0 Å². The van der Waals surface area contributed by atoms with Crippen LogP contribution in [0.3, 0.4) is 0 Å². The molecule has 0 rings (SSSR count). The van der Waals surface area contributed by atoms with Gasteiger partial charge >= 0.3 is 19.8 Å². The third kappa shape index (κ3) is 49.2. The van der Waals surface area contributed by atoms with Gasteiger partial charge in [-0.2, -0.15) is 0 Å². The quantitative estimate of drug-likeness (QED) is 0.0211. The Labute approximate surface area is 394 Å². The van der Waals surface area contributed by atoms with Crippen molar-refractivity contribution in [3.8, 4) is 0 Å². The molecular formula is C54H99NO8P+. The van der Waals surface area contributed by atoms with E-state index >= 15 is 0 Å². The monoisotopic (exact) mass is 921 g/mol. The first-order valence-electron chi connectivity index (χ1n) is 26.0. The average Bonchev–Trinajstić information content (AvgIpc) is 3.25. The summed E-state index contributed by atoms with van der Waals surface area (Å²) in [6.45, 7) is 4.34. The number of carbonyl (C=O) groups is 2. The summed E-state index contributed by atoms with van der Waals surface area (Å²) in [4.78, 5) is 35.5. The zero-order chi connectivity index (χ0) is 47.1. The van der Waals surface area contributed by atoms with Crippen LogP contribution >= 0.6 is 7.82 Å². The maximum absolute atomic E-state index is 12.7. The second-order valence-electron chi connectivity index (χ2n) is 18.5. The summed E-state index contributed by atoms with van der Waals surface area (Å²) in [6, 6.07) is 0. The highest BCUT2D eigenvalue weighted by molar-refractivity contribution is 7.47. The molecule has 0 aliphatic heterocycles. The van der Waals surface area contributed by atoms with Crippen molar-refractivity contribution in [2.75, 3.05) is 47.5 Å². The molecule has 0 heterocycles. The van der Waals surface area contributed by atoms with Crippen molar-refractivity contribution in [2.45, 2.75) is 225 Å². The molecule has 0 saturated carbocycles. The van der Waals surface area contributed by atoms with Gasteiger partial charge in [0.1, 0.15) is 19.8 Å². The number of rotatable bonds is 47. The van der Waals surface area contributed by atoms with Crippen LogP contribution in [0.2, 0.25) is 0 Å². The highest BCUT2D eigenvalue weighted by Crippen LogP contribution is 2.43. The largest absolute Gasteiger partial charge is 0.472 e. The van der Waals surface area contributed by atoms with E-state index in [4.69, 9.17) is 18.5 Å². The number of esters is 2. The fourth-order valence-corrected chi connectivity index (χ4v) is 7.67. The van der Waals surface area contributed by atoms with Crippen molar-refractivity contribution < 1.29 is 42.1 Å². The average molecular weight is 921 g/mol. The van der Waals surface area contributed by atoms with Crippen LogP contribution in [0.25, 0.3) is 0 Å². The predicted molar refractivity (Wildman–Crippen MR) is 270 cm³/mol. The molecule has 10 heteroatoms. The van der Waals surface area contributed by atoms with Crippen LogP contribution in [-0.4, -0.2) is 74.9 Å². The minimum Gasteiger partial charge on any atom is -0.462 e. The third-order valence-corrected chi connectivity index (χ3v) is 12.0. The van der Waals surface area contributed by atoms with Gasteiger partial charge < -0.3 is 18.9 Å². The summed E-state index contributed by atoms with van der Waals surface area (Å²) in [5.74, 6) is -0.872. The number of carbonyl (C=O) groups excluding carboxylic acids is 2. The molecule has 0 aromatic rings. The van der Waals surface area contributed by atoms with E-state index in [1.54, 1.807) is 0 Å². The first kappa shape index (κ1) is 61.7. The molecule has 64 heavy (non-hydrogen) atoms. The normalized spacial score (nSPS) is 13.9. The zero-order valence-corrected chi connectivity index (χ0v) is 42.9. The van der Waals surface area contributed by atoms with Gasteiger partial charge in [0.25, 0.3) is 0 Å². The Morgan fingerprint density at radius 1 is 0.484 bits per heavy atom. The maximum atomic E-state index is 12.7. The van der Waals surface area contributed by atoms with Gasteiger partial charge in [0.15, 0.2) is 6.10 Å². The highest BCUT2D eigenvalue weighted by Gasteiger charge is 2.27. The third-order valence-electron chi connectivity index (χ3n) is 11.0. The number of phosphoric acid groups is 1. The number of unbranched alkanes of at least 4 members (excludes halogenated alkanes) is 23. The van der Waals surface area contributed by atoms with Gasteiger partial charge in [-0.15, -0.1) is 0 Å². The number of hydrogen-bond acceptors (Lipinski definition) is 7. The molecule has 0 aliphatic carbocycles. The summed E-state index contributed by atoms with van der Waals surface area (Å²) < 4.78 is 34.4. The van der Waals surface area contributed by atoms with E-state index in [1.165, 1.54) is 116 Å². The van der Waals surface area contributed by atoms with Crippen molar-refractivity contribution in [1.82, 2.24) is 0 Å². The number of likely N-dealkylation sites (N-methyl/N-ethyl adjacent to an activating group) is 1. The zero-order valence-electron chi connectivity index (χ0n) is 42.0. The van der Waals surface area contributed by atoms with Crippen LogP contribution in [0.15, 0.2) is 60.8 Å². The standard InChI is InChI=1S/C54H98NO8P/c1-6-8-10-12-14-16-18-20-22-24-25-26-27-28-29-31-32-34-36-38-40-42-44-46-53(56)60-50-52(51-62-64(58,59)61-49-48-55(3,4)5)63-54(57)47-45-43-41-39-37-35-33-30-23-21-19-17-15-13-11-9-7-2/h15,17,21,23,31-33,35,38,40,52H,6-14,16,18-20,22,24-30,34,36-37,39,41-51H2,1-5H3/p+1/b17-15+,23-21+,32-31+,35-33+,40-38+/t52-/m0/s1. The molecule has 1 N–H and O–H groups in total. The molecule has 0 aliphatic rings. The van der Waals surface area contributed by atoms with Crippen molar-refractivity contribution in [3.05, 3.63) is 60.8 Å².